The molecule has 130 valence electrons. The molecule has 22 heavy (non-hydrogen) atoms. The molecule has 1 N–H and O–H groups in total. The smallest absolute Gasteiger partial charge is 0.223 e. The molecule has 0 atom stereocenters. The van der Waals surface area contributed by atoms with Gasteiger partial charge in [-0.3, -0.25) is 4.79 Å². The van der Waals surface area contributed by atoms with E-state index in [2.05, 4.69) is 15.1 Å². The molecule has 3 aliphatic rings. The van der Waals surface area contributed by atoms with Gasteiger partial charge in [-0.2, -0.15) is 0 Å². The van der Waals surface area contributed by atoms with Crippen LogP contribution in [0.3, 0.4) is 0 Å². The summed E-state index contributed by atoms with van der Waals surface area (Å²) in [5, 5.41) is 3.29. The highest BCUT2D eigenvalue weighted by Gasteiger charge is 2.26. The van der Waals surface area contributed by atoms with Crippen LogP contribution in [0.25, 0.3) is 0 Å². The van der Waals surface area contributed by atoms with E-state index in [1.165, 1.54) is 32.5 Å². The van der Waals surface area contributed by atoms with Crippen molar-refractivity contribution in [3.63, 3.8) is 0 Å². The summed E-state index contributed by atoms with van der Waals surface area (Å²) in [7, 11) is 0. The quantitative estimate of drug-likeness (QED) is 0.789. The van der Waals surface area contributed by atoms with Crippen molar-refractivity contribution in [3.8, 4) is 0 Å². The third-order valence-corrected chi connectivity index (χ3v) is 4.79. The molecule has 2 aliphatic heterocycles. The van der Waals surface area contributed by atoms with E-state index in [4.69, 9.17) is 0 Å². The second kappa shape index (κ2) is 9.93. The average molecular weight is 353 g/mol. The van der Waals surface area contributed by atoms with E-state index < -0.39 is 0 Å². The molecule has 0 aromatic heterocycles. The monoisotopic (exact) mass is 352 g/mol. The maximum Gasteiger partial charge on any atom is 0.223 e. The predicted molar refractivity (Wildman–Crippen MR) is 94.2 cm³/mol. The van der Waals surface area contributed by atoms with E-state index >= 15 is 0 Å². The van der Waals surface area contributed by atoms with Crippen molar-refractivity contribution in [2.45, 2.75) is 19.3 Å². The summed E-state index contributed by atoms with van der Waals surface area (Å²) in [6, 6.07) is 0. The fraction of sp³-hybridized carbons (Fsp3) is 0.933. The third-order valence-electron chi connectivity index (χ3n) is 4.79. The van der Waals surface area contributed by atoms with Crippen LogP contribution in [0, 0.1) is 5.92 Å². The highest BCUT2D eigenvalue weighted by atomic mass is 35.5. The normalized spacial score (nSPS) is 23.5. The standard InChI is InChI=1S/C15H28N4O.2ClH/c20-15(19-7-4-16-5-8-19)3-6-17-9-11-18(12-10-17)13-14-1-2-14;;/h14,16H,1-13H2;2*1H. The summed E-state index contributed by atoms with van der Waals surface area (Å²) < 4.78 is 0. The lowest BCUT2D eigenvalue weighted by Crippen LogP contribution is -2.49. The Kier molecular flexibility index (Phi) is 9.02. The van der Waals surface area contributed by atoms with Gasteiger partial charge >= 0.3 is 0 Å². The molecule has 2 heterocycles. The van der Waals surface area contributed by atoms with Crippen LogP contribution in [0.15, 0.2) is 0 Å². The number of nitrogens with one attached hydrogen (secondary N) is 1. The maximum absolute atomic E-state index is 12.1. The lowest BCUT2D eigenvalue weighted by Gasteiger charge is -2.35. The first-order chi connectivity index (χ1) is 9.81. The largest absolute Gasteiger partial charge is 0.340 e. The van der Waals surface area contributed by atoms with Crippen molar-refractivity contribution in [2.24, 2.45) is 5.92 Å². The summed E-state index contributed by atoms with van der Waals surface area (Å²) in [5.41, 5.74) is 0. The van der Waals surface area contributed by atoms with Crippen LogP contribution in [0.2, 0.25) is 0 Å². The Morgan fingerprint density at radius 2 is 1.50 bits per heavy atom. The van der Waals surface area contributed by atoms with Gasteiger partial charge in [-0.1, -0.05) is 0 Å². The van der Waals surface area contributed by atoms with Crippen molar-refractivity contribution in [1.82, 2.24) is 20.0 Å². The van der Waals surface area contributed by atoms with Crippen molar-refractivity contribution < 1.29 is 4.79 Å². The van der Waals surface area contributed by atoms with E-state index in [0.717, 1.165) is 51.7 Å². The number of hydrogen-bond acceptors (Lipinski definition) is 4. The SMILES string of the molecule is Cl.Cl.O=C(CCN1CCN(CC2CC2)CC1)N1CCNCC1. The van der Waals surface area contributed by atoms with Crippen LogP contribution in [-0.2, 0) is 4.79 Å². The molecule has 1 amide bonds. The summed E-state index contributed by atoms with van der Waals surface area (Å²) in [6.45, 7) is 10.6. The zero-order valence-corrected chi connectivity index (χ0v) is 15.0. The molecule has 2 saturated heterocycles. The predicted octanol–water partition coefficient (Wildman–Crippen LogP) is 0.680. The van der Waals surface area contributed by atoms with Crippen molar-refractivity contribution in [3.05, 3.63) is 0 Å². The highest BCUT2D eigenvalue weighted by Crippen LogP contribution is 2.29. The highest BCUT2D eigenvalue weighted by molar-refractivity contribution is 5.85. The van der Waals surface area contributed by atoms with Gasteiger partial charge in [0.15, 0.2) is 0 Å². The topological polar surface area (TPSA) is 38.8 Å². The number of piperazine rings is 2. The molecule has 5 nitrogen and oxygen atoms in total. The number of hydrogen-bond donors (Lipinski definition) is 1. The second-order valence-electron chi connectivity index (χ2n) is 6.47. The molecule has 1 saturated carbocycles. The third kappa shape index (κ3) is 6.20. The molecule has 7 heteroatoms. The van der Waals surface area contributed by atoms with Crippen LogP contribution in [0.5, 0.6) is 0 Å². The van der Waals surface area contributed by atoms with Gasteiger partial charge in [-0.25, -0.2) is 0 Å². The first-order valence-corrected chi connectivity index (χ1v) is 8.24. The summed E-state index contributed by atoms with van der Waals surface area (Å²) in [6.07, 6.45) is 3.58. The van der Waals surface area contributed by atoms with Gasteiger partial charge in [0.25, 0.3) is 0 Å². The molecule has 0 aromatic carbocycles. The molecule has 0 radical (unpaired) electrons. The molecule has 3 fully saturated rings. The Morgan fingerprint density at radius 3 is 2.09 bits per heavy atom. The number of carbonyl (C=O) groups excluding carboxylic acids is 1. The second-order valence-corrected chi connectivity index (χ2v) is 6.47. The van der Waals surface area contributed by atoms with Gasteiger partial charge in [-0.15, -0.1) is 24.8 Å². The fourth-order valence-electron chi connectivity index (χ4n) is 3.19. The van der Waals surface area contributed by atoms with E-state index in [1.807, 2.05) is 4.90 Å². The molecule has 3 rings (SSSR count). The minimum atomic E-state index is 0. The fourth-order valence-corrected chi connectivity index (χ4v) is 3.19. The van der Waals surface area contributed by atoms with Gasteiger partial charge < -0.3 is 20.0 Å². The van der Waals surface area contributed by atoms with E-state index in [9.17, 15) is 4.79 Å². The van der Waals surface area contributed by atoms with Gasteiger partial charge in [-0.05, 0) is 18.8 Å². The van der Waals surface area contributed by atoms with Crippen LogP contribution < -0.4 is 5.32 Å². The maximum atomic E-state index is 12.1. The Labute approximate surface area is 146 Å². The van der Waals surface area contributed by atoms with E-state index in [-0.39, 0.29) is 24.8 Å². The summed E-state index contributed by atoms with van der Waals surface area (Å²) in [4.78, 5) is 19.2. The minimum Gasteiger partial charge on any atom is -0.340 e. The van der Waals surface area contributed by atoms with Crippen LogP contribution in [-0.4, -0.2) is 86.1 Å². The molecule has 1 aliphatic carbocycles. The number of halogens is 2. The van der Waals surface area contributed by atoms with Gasteiger partial charge in [0.2, 0.25) is 5.91 Å². The number of amides is 1. The van der Waals surface area contributed by atoms with E-state index in [1.54, 1.807) is 0 Å². The number of carbonyl (C=O) groups is 1. The van der Waals surface area contributed by atoms with Crippen molar-refractivity contribution in [2.75, 3.05) is 65.4 Å². The Morgan fingerprint density at radius 1 is 0.909 bits per heavy atom. The Bertz CT molecular complexity index is 328. The van der Waals surface area contributed by atoms with Gasteiger partial charge in [0.1, 0.15) is 0 Å². The molecule has 0 spiro atoms. The average Bonchev–Trinajstić information content (AvgIpc) is 3.31. The molecular formula is C15H30Cl2N4O. The van der Waals surface area contributed by atoms with Crippen LogP contribution in [0.4, 0.5) is 0 Å². The van der Waals surface area contributed by atoms with Crippen molar-refractivity contribution in [1.29, 1.82) is 0 Å². The molecule has 0 aromatic rings. The van der Waals surface area contributed by atoms with Gasteiger partial charge in [0.05, 0.1) is 0 Å². The van der Waals surface area contributed by atoms with Crippen molar-refractivity contribution >= 4 is 30.7 Å². The zero-order chi connectivity index (χ0) is 13.8. The first-order valence-electron chi connectivity index (χ1n) is 8.24. The summed E-state index contributed by atoms with van der Waals surface area (Å²) in [5.74, 6) is 1.34. The molecular weight excluding hydrogens is 323 g/mol. The molecule has 0 bridgehead atoms. The summed E-state index contributed by atoms with van der Waals surface area (Å²) >= 11 is 0. The van der Waals surface area contributed by atoms with E-state index in [0.29, 0.717) is 12.3 Å². The Hall–Kier alpha value is -0.0700. The number of nitrogens with zero attached hydrogens (tertiary/aromatic N) is 3. The lowest BCUT2D eigenvalue weighted by atomic mass is 10.2. The minimum absolute atomic E-state index is 0. The lowest BCUT2D eigenvalue weighted by molar-refractivity contribution is -0.132. The first kappa shape index (κ1) is 20.0. The number of rotatable bonds is 5. The Balaban J connectivity index is 0.00000121. The van der Waals surface area contributed by atoms with Crippen LogP contribution in [0.1, 0.15) is 19.3 Å². The van der Waals surface area contributed by atoms with Gasteiger partial charge in [0, 0.05) is 71.9 Å². The zero-order valence-electron chi connectivity index (χ0n) is 13.3. The van der Waals surface area contributed by atoms with Crippen LogP contribution >= 0.6 is 24.8 Å². The molecule has 0 unspecified atom stereocenters.